The molecule has 0 fully saturated rings. The number of nitriles is 1. The van der Waals surface area contributed by atoms with E-state index >= 15 is 0 Å². The van der Waals surface area contributed by atoms with E-state index in [1.807, 2.05) is 6.92 Å². The van der Waals surface area contributed by atoms with Crippen molar-refractivity contribution in [3.63, 3.8) is 0 Å². The van der Waals surface area contributed by atoms with Gasteiger partial charge in [0.1, 0.15) is 17.4 Å². The summed E-state index contributed by atoms with van der Waals surface area (Å²) in [7, 11) is -3.44. The molecule has 1 amide bonds. The van der Waals surface area contributed by atoms with Crippen molar-refractivity contribution in [2.45, 2.75) is 18.4 Å². The number of nitrogens with one attached hydrogen (secondary N) is 1. The number of furan rings is 1. The van der Waals surface area contributed by atoms with Crippen molar-refractivity contribution in [3.8, 4) is 6.07 Å². The molecule has 0 bridgehead atoms. The zero-order chi connectivity index (χ0) is 14.5. The van der Waals surface area contributed by atoms with Crippen molar-refractivity contribution in [1.29, 1.82) is 5.26 Å². The first-order chi connectivity index (χ1) is 8.88. The van der Waals surface area contributed by atoms with Crippen molar-refractivity contribution in [2.24, 2.45) is 0 Å². The third-order valence-electron chi connectivity index (χ3n) is 2.15. The van der Waals surface area contributed by atoms with Crippen LogP contribution in [0.5, 0.6) is 0 Å². The van der Waals surface area contributed by atoms with E-state index in [1.54, 1.807) is 6.07 Å². The smallest absolute Gasteiger partial charge is 0.262 e. The topological polar surface area (TPSA) is 100 Å². The second-order valence-corrected chi connectivity index (χ2v) is 5.80. The van der Waals surface area contributed by atoms with E-state index in [9.17, 15) is 13.2 Å². The highest BCUT2D eigenvalue weighted by Crippen LogP contribution is 2.16. The summed E-state index contributed by atoms with van der Waals surface area (Å²) in [5.74, 6) is -0.370. The Hall–Kier alpha value is -2.07. The molecule has 6 nitrogen and oxygen atoms in total. The fourth-order valence-corrected chi connectivity index (χ4v) is 1.80. The molecule has 102 valence electrons. The molecule has 1 heterocycles. The molecule has 0 aliphatic carbocycles. The molecule has 19 heavy (non-hydrogen) atoms. The van der Waals surface area contributed by atoms with Gasteiger partial charge in [-0.3, -0.25) is 4.79 Å². The number of rotatable bonds is 5. The summed E-state index contributed by atoms with van der Waals surface area (Å²) in [5.41, 5.74) is -0.136. The van der Waals surface area contributed by atoms with E-state index < -0.39 is 15.7 Å². The Morgan fingerprint density at radius 1 is 1.53 bits per heavy atom. The molecule has 0 saturated heterocycles. The van der Waals surface area contributed by atoms with E-state index in [4.69, 9.17) is 9.68 Å². The normalized spacial score (nSPS) is 11.9. The van der Waals surface area contributed by atoms with Crippen LogP contribution < -0.4 is 5.32 Å². The summed E-state index contributed by atoms with van der Waals surface area (Å²) in [6.45, 7) is 2.35. The van der Waals surface area contributed by atoms with Crippen LogP contribution in [0.1, 0.15) is 19.1 Å². The van der Waals surface area contributed by atoms with Gasteiger partial charge in [-0.15, -0.1) is 0 Å². The van der Waals surface area contributed by atoms with Crippen LogP contribution in [-0.2, 0) is 14.6 Å². The van der Waals surface area contributed by atoms with E-state index in [-0.39, 0.29) is 16.4 Å². The molecule has 0 saturated carbocycles. The van der Waals surface area contributed by atoms with Crippen LogP contribution >= 0.6 is 0 Å². The van der Waals surface area contributed by atoms with Gasteiger partial charge in [-0.05, 0) is 18.6 Å². The summed E-state index contributed by atoms with van der Waals surface area (Å²) in [5, 5.41) is 11.2. The summed E-state index contributed by atoms with van der Waals surface area (Å²) in [6.07, 6.45) is 2.97. The fraction of sp³-hybridized carbons (Fsp3) is 0.333. The maximum atomic E-state index is 11.6. The van der Waals surface area contributed by atoms with E-state index in [0.29, 0.717) is 6.54 Å². The average molecular weight is 282 g/mol. The van der Waals surface area contributed by atoms with Crippen LogP contribution in [0.15, 0.2) is 27.2 Å². The van der Waals surface area contributed by atoms with Gasteiger partial charge in [-0.25, -0.2) is 8.42 Å². The number of carbonyl (C=O) groups excluding carboxylic acids is 1. The van der Waals surface area contributed by atoms with Crippen LogP contribution in [0.3, 0.4) is 0 Å². The molecule has 0 aliphatic rings. The van der Waals surface area contributed by atoms with Gasteiger partial charge >= 0.3 is 0 Å². The lowest BCUT2D eigenvalue weighted by molar-refractivity contribution is -0.117. The van der Waals surface area contributed by atoms with Crippen molar-refractivity contribution in [3.05, 3.63) is 23.5 Å². The van der Waals surface area contributed by atoms with E-state index in [0.717, 1.165) is 12.7 Å². The van der Waals surface area contributed by atoms with Crippen LogP contribution in [-0.4, -0.2) is 27.1 Å². The van der Waals surface area contributed by atoms with Crippen LogP contribution in [0.4, 0.5) is 0 Å². The van der Waals surface area contributed by atoms with Crippen LogP contribution in [0, 0.1) is 11.3 Å². The molecule has 0 radical (unpaired) electrons. The zero-order valence-electron chi connectivity index (χ0n) is 10.6. The van der Waals surface area contributed by atoms with Crippen molar-refractivity contribution in [2.75, 3.05) is 12.8 Å². The summed E-state index contributed by atoms with van der Waals surface area (Å²) >= 11 is 0. The van der Waals surface area contributed by atoms with Gasteiger partial charge in [-0.2, -0.15) is 5.26 Å². The quantitative estimate of drug-likeness (QED) is 0.644. The van der Waals surface area contributed by atoms with Gasteiger partial charge in [0.2, 0.25) is 14.9 Å². The van der Waals surface area contributed by atoms with E-state index in [1.165, 1.54) is 18.2 Å². The summed E-state index contributed by atoms with van der Waals surface area (Å²) in [6, 6.07) is 4.41. The molecule has 1 aromatic heterocycles. The number of carbonyl (C=O) groups is 1. The minimum atomic E-state index is -3.44. The Morgan fingerprint density at radius 2 is 2.21 bits per heavy atom. The third kappa shape index (κ3) is 4.26. The number of hydrogen-bond acceptors (Lipinski definition) is 5. The van der Waals surface area contributed by atoms with Gasteiger partial charge < -0.3 is 9.73 Å². The standard InChI is InChI=1S/C12H14N2O4S/c1-3-6-14-12(15)9(8-13)7-10-4-5-11(18-10)19(2,16)17/h4-5,7H,3,6H2,1-2H3,(H,14,15)/b9-7+. The Kier molecular flexibility index (Phi) is 4.89. The third-order valence-corrected chi connectivity index (χ3v) is 3.11. The highest BCUT2D eigenvalue weighted by atomic mass is 32.2. The molecule has 1 N–H and O–H groups in total. The zero-order valence-corrected chi connectivity index (χ0v) is 11.5. The Labute approximate surface area is 111 Å². The number of nitrogens with zero attached hydrogens (tertiary/aromatic N) is 1. The molecule has 0 aromatic carbocycles. The van der Waals surface area contributed by atoms with Gasteiger partial charge in [0, 0.05) is 18.9 Å². The predicted molar refractivity (Wildman–Crippen MR) is 68.7 cm³/mol. The first-order valence-corrected chi connectivity index (χ1v) is 7.47. The first-order valence-electron chi connectivity index (χ1n) is 5.58. The predicted octanol–water partition coefficient (Wildman–Crippen LogP) is 1.12. The lowest BCUT2D eigenvalue weighted by Gasteiger charge is -2.00. The van der Waals surface area contributed by atoms with Gasteiger partial charge in [0.05, 0.1) is 0 Å². The Morgan fingerprint density at radius 3 is 2.68 bits per heavy atom. The molecule has 1 aromatic rings. The molecular weight excluding hydrogens is 268 g/mol. The van der Waals surface area contributed by atoms with Gasteiger partial charge in [0.15, 0.2) is 0 Å². The second kappa shape index (κ2) is 6.20. The second-order valence-electron chi connectivity index (χ2n) is 3.85. The molecule has 0 atom stereocenters. The molecule has 0 spiro atoms. The monoisotopic (exact) mass is 282 g/mol. The summed E-state index contributed by atoms with van der Waals surface area (Å²) in [4.78, 5) is 11.6. The lowest BCUT2D eigenvalue weighted by atomic mass is 10.2. The number of hydrogen-bond donors (Lipinski definition) is 1. The molecule has 0 unspecified atom stereocenters. The SMILES string of the molecule is CCCNC(=O)/C(C#N)=C/c1ccc(S(C)(=O)=O)o1. The van der Waals surface area contributed by atoms with Crippen LogP contribution in [0.25, 0.3) is 6.08 Å². The summed E-state index contributed by atoms with van der Waals surface area (Å²) < 4.78 is 27.5. The maximum absolute atomic E-state index is 11.6. The molecular formula is C12H14N2O4S. The first kappa shape index (κ1) is 15.0. The van der Waals surface area contributed by atoms with Crippen molar-refractivity contribution in [1.82, 2.24) is 5.32 Å². The molecule has 0 aliphatic heterocycles. The van der Waals surface area contributed by atoms with E-state index in [2.05, 4.69) is 5.32 Å². The minimum Gasteiger partial charge on any atom is -0.445 e. The molecule has 7 heteroatoms. The minimum absolute atomic E-state index is 0.136. The highest BCUT2D eigenvalue weighted by molar-refractivity contribution is 7.90. The fourth-order valence-electron chi connectivity index (χ4n) is 1.24. The number of sulfone groups is 1. The highest BCUT2D eigenvalue weighted by Gasteiger charge is 2.13. The maximum Gasteiger partial charge on any atom is 0.262 e. The van der Waals surface area contributed by atoms with Gasteiger partial charge in [0.25, 0.3) is 5.91 Å². The lowest BCUT2D eigenvalue weighted by Crippen LogP contribution is -2.25. The number of amides is 1. The van der Waals surface area contributed by atoms with Crippen molar-refractivity contribution >= 4 is 21.8 Å². The van der Waals surface area contributed by atoms with Gasteiger partial charge in [-0.1, -0.05) is 6.92 Å². The Bertz CT molecular complexity index is 635. The average Bonchev–Trinajstić information content (AvgIpc) is 2.81. The largest absolute Gasteiger partial charge is 0.445 e. The molecule has 1 rings (SSSR count). The van der Waals surface area contributed by atoms with Crippen LogP contribution in [0.2, 0.25) is 0 Å². The van der Waals surface area contributed by atoms with Crippen molar-refractivity contribution < 1.29 is 17.6 Å². The Balaban J connectivity index is 2.97.